The summed E-state index contributed by atoms with van der Waals surface area (Å²) in [6.45, 7) is 3.93. The molecule has 0 amide bonds. The zero-order chi connectivity index (χ0) is 37.2. The van der Waals surface area contributed by atoms with E-state index in [-0.39, 0.29) is 0 Å². The van der Waals surface area contributed by atoms with E-state index >= 15 is 0 Å². The highest BCUT2D eigenvalue weighted by Gasteiger charge is 2.72. The van der Waals surface area contributed by atoms with E-state index in [2.05, 4.69) is 36.0 Å². The van der Waals surface area contributed by atoms with Crippen molar-refractivity contribution >= 4 is 0 Å². The standard InChI is InChI=1S/C55H87N/c1-2-37(38-20-7-4-8-21-38)32-53(56-35-36-18-5-3-6-19-36)45-28-17-31-51-54(45)44-27-14-16-30-50(44)55(51)49-29-15-13-26-43(49)48-33-46-41-24-11-9-22-39(41)40-23-10-12-25-42(40)47(46)34-52(48)55/h16,30,33,36-47,49-54,56H,2-15,17-29,31-32,34-35H2,1H3. The van der Waals surface area contributed by atoms with Gasteiger partial charge in [-0.1, -0.05) is 133 Å². The summed E-state index contributed by atoms with van der Waals surface area (Å²) in [7, 11) is 0. The molecule has 9 fully saturated rings. The van der Waals surface area contributed by atoms with Gasteiger partial charge in [-0.25, -0.2) is 0 Å². The first-order valence-electron chi connectivity index (χ1n) is 26.9. The number of nitrogens with one attached hydrogen (secondary N) is 1. The third-order valence-corrected chi connectivity index (χ3v) is 22.1. The lowest BCUT2D eigenvalue weighted by Crippen LogP contribution is -2.52. The van der Waals surface area contributed by atoms with Crippen LogP contribution < -0.4 is 5.32 Å². The Labute approximate surface area is 346 Å². The SMILES string of the molecule is CCC(CC(NCC1CCCCC1)C1CCCC2C1C1CCC=CC1C21C2CC3C(C=C2C2CCCCC21)C1CCCCC1C1CCCCC31)C1CCCCC1. The maximum absolute atomic E-state index is 4.63. The lowest BCUT2D eigenvalue weighted by Gasteiger charge is -2.59. The first kappa shape index (κ1) is 38.4. The Balaban J connectivity index is 0.974. The quantitative estimate of drug-likeness (QED) is 0.243. The van der Waals surface area contributed by atoms with Gasteiger partial charge in [0.25, 0.3) is 0 Å². The van der Waals surface area contributed by atoms with E-state index in [4.69, 9.17) is 0 Å². The Morgan fingerprint density at radius 3 is 2.07 bits per heavy atom. The van der Waals surface area contributed by atoms with Gasteiger partial charge in [0.2, 0.25) is 0 Å². The van der Waals surface area contributed by atoms with Crippen LogP contribution in [0.2, 0.25) is 0 Å². The predicted molar refractivity (Wildman–Crippen MR) is 235 cm³/mol. The van der Waals surface area contributed by atoms with Gasteiger partial charge in [-0.05, 0) is 202 Å². The van der Waals surface area contributed by atoms with E-state index in [1.807, 2.05) is 0 Å². The third kappa shape index (κ3) is 6.32. The Morgan fingerprint density at radius 1 is 0.625 bits per heavy atom. The van der Waals surface area contributed by atoms with Crippen molar-refractivity contribution in [3.8, 4) is 0 Å². The molecule has 0 aromatic rings. The van der Waals surface area contributed by atoms with Crippen molar-refractivity contribution in [1.29, 1.82) is 0 Å². The van der Waals surface area contributed by atoms with Gasteiger partial charge in [-0.15, -0.1) is 0 Å². The van der Waals surface area contributed by atoms with E-state index in [1.165, 1.54) is 109 Å². The molecule has 312 valence electrons. The molecule has 0 heterocycles. The highest BCUT2D eigenvalue weighted by molar-refractivity contribution is 5.36. The smallest absolute Gasteiger partial charge is 0.0101 e. The summed E-state index contributed by atoms with van der Waals surface area (Å²) in [6, 6.07) is 0.775. The molecule has 11 aliphatic rings. The van der Waals surface area contributed by atoms with Gasteiger partial charge >= 0.3 is 0 Å². The second kappa shape index (κ2) is 16.4. The van der Waals surface area contributed by atoms with Crippen LogP contribution in [0.1, 0.15) is 200 Å². The van der Waals surface area contributed by atoms with Gasteiger partial charge in [0.1, 0.15) is 0 Å². The summed E-state index contributed by atoms with van der Waals surface area (Å²) in [5.74, 6) is 16.8. The summed E-state index contributed by atoms with van der Waals surface area (Å²) in [6.07, 6.45) is 55.0. The molecule has 0 aromatic carbocycles. The van der Waals surface area contributed by atoms with E-state index in [0.717, 1.165) is 107 Å². The van der Waals surface area contributed by atoms with Crippen LogP contribution in [0.25, 0.3) is 0 Å². The molecule has 0 aromatic heterocycles. The molecule has 11 rings (SSSR count). The number of rotatable bonds is 8. The molecule has 56 heavy (non-hydrogen) atoms. The van der Waals surface area contributed by atoms with Crippen molar-refractivity contribution in [1.82, 2.24) is 5.32 Å². The summed E-state index contributed by atoms with van der Waals surface area (Å²) in [5.41, 5.74) is 2.73. The van der Waals surface area contributed by atoms with E-state index < -0.39 is 0 Å². The maximum Gasteiger partial charge on any atom is 0.0101 e. The van der Waals surface area contributed by atoms with Crippen LogP contribution >= 0.6 is 0 Å². The van der Waals surface area contributed by atoms with Crippen LogP contribution in [-0.4, -0.2) is 12.6 Å². The lowest BCUT2D eigenvalue weighted by molar-refractivity contribution is -0.0770. The average Bonchev–Trinajstić information content (AvgIpc) is 3.74. The maximum atomic E-state index is 4.63. The van der Waals surface area contributed by atoms with Crippen molar-refractivity contribution in [2.24, 2.45) is 106 Å². The first-order chi connectivity index (χ1) is 27.8. The Hall–Kier alpha value is -0.560. The fourth-order valence-electron chi connectivity index (χ4n) is 20.4. The van der Waals surface area contributed by atoms with Gasteiger partial charge in [0, 0.05) is 6.04 Å². The fourth-order valence-corrected chi connectivity index (χ4v) is 20.4. The highest BCUT2D eigenvalue weighted by Crippen LogP contribution is 2.78. The minimum atomic E-state index is 0.585. The molecule has 0 aliphatic heterocycles. The molecule has 0 radical (unpaired) electrons. The monoisotopic (exact) mass is 762 g/mol. The number of hydrogen-bond donors (Lipinski definition) is 1. The molecular formula is C55H87N. The fraction of sp³-hybridized carbons (Fsp3) is 0.927. The van der Waals surface area contributed by atoms with Crippen LogP contribution in [0.15, 0.2) is 23.8 Å². The Kier molecular flexibility index (Phi) is 11.2. The minimum absolute atomic E-state index is 0.585. The molecule has 1 nitrogen and oxygen atoms in total. The van der Waals surface area contributed by atoms with Crippen LogP contribution in [0.3, 0.4) is 0 Å². The molecule has 0 saturated heterocycles. The Morgan fingerprint density at radius 2 is 1.29 bits per heavy atom. The number of hydrogen-bond acceptors (Lipinski definition) is 1. The molecule has 17 unspecified atom stereocenters. The van der Waals surface area contributed by atoms with Gasteiger partial charge < -0.3 is 5.32 Å². The summed E-state index contributed by atoms with van der Waals surface area (Å²) >= 11 is 0. The lowest BCUT2D eigenvalue weighted by atomic mass is 9.46. The number of fused-ring (bicyclic) bond motifs is 16. The minimum Gasteiger partial charge on any atom is -0.313 e. The van der Waals surface area contributed by atoms with E-state index in [1.54, 1.807) is 89.9 Å². The first-order valence-corrected chi connectivity index (χ1v) is 26.9. The third-order valence-electron chi connectivity index (χ3n) is 22.1. The van der Waals surface area contributed by atoms with Gasteiger partial charge in [0.05, 0.1) is 0 Å². The van der Waals surface area contributed by atoms with Crippen molar-refractivity contribution < 1.29 is 0 Å². The van der Waals surface area contributed by atoms with Gasteiger partial charge in [-0.3, -0.25) is 0 Å². The van der Waals surface area contributed by atoms with Gasteiger partial charge in [0.15, 0.2) is 0 Å². The zero-order valence-corrected chi connectivity index (χ0v) is 36.5. The summed E-state index contributed by atoms with van der Waals surface area (Å²) in [5, 5.41) is 4.63. The Bertz CT molecular complexity index is 1400. The molecule has 1 heteroatoms. The number of allylic oxidation sites excluding steroid dienone is 4. The molecule has 1 spiro atoms. The average molecular weight is 762 g/mol. The van der Waals surface area contributed by atoms with Crippen molar-refractivity contribution in [3.05, 3.63) is 23.8 Å². The second-order valence-corrected chi connectivity index (χ2v) is 23.7. The summed E-state index contributed by atoms with van der Waals surface area (Å²) in [4.78, 5) is 0. The van der Waals surface area contributed by atoms with Gasteiger partial charge in [-0.2, -0.15) is 0 Å². The largest absolute Gasteiger partial charge is 0.313 e. The second-order valence-electron chi connectivity index (χ2n) is 23.7. The van der Waals surface area contributed by atoms with Crippen LogP contribution in [-0.2, 0) is 0 Å². The van der Waals surface area contributed by atoms with Crippen LogP contribution in [0.5, 0.6) is 0 Å². The normalized spacial score (nSPS) is 48.7. The van der Waals surface area contributed by atoms with Crippen molar-refractivity contribution in [2.75, 3.05) is 6.54 Å². The molecular weight excluding hydrogens is 675 g/mol. The van der Waals surface area contributed by atoms with E-state index in [9.17, 15) is 0 Å². The molecule has 9 saturated carbocycles. The summed E-state index contributed by atoms with van der Waals surface area (Å²) < 4.78 is 0. The predicted octanol–water partition coefficient (Wildman–Crippen LogP) is 14.8. The topological polar surface area (TPSA) is 12.0 Å². The molecule has 1 N–H and O–H groups in total. The molecule has 11 aliphatic carbocycles. The van der Waals surface area contributed by atoms with Crippen molar-refractivity contribution in [2.45, 2.75) is 206 Å². The van der Waals surface area contributed by atoms with Crippen LogP contribution in [0.4, 0.5) is 0 Å². The molecule has 0 bridgehead atoms. The molecule has 17 atom stereocenters. The van der Waals surface area contributed by atoms with Crippen molar-refractivity contribution in [3.63, 3.8) is 0 Å². The highest BCUT2D eigenvalue weighted by atomic mass is 14.9. The van der Waals surface area contributed by atoms with Crippen LogP contribution in [0, 0.1) is 106 Å². The zero-order valence-electron chi connectivity index (χ0n) is 36.5. The van der Waals surface area contributed by atoms with E-state index in [0.29, 0.717) is 5.41 Å².